The van der Waals surface area contributed by atoms with Crippen molar-refractivity contribution in [2.24, 2.45) is 0 Å². The molecule has 74 heavy (non-hydrogen) atoms. The van der Waals surface area contributed by atoms with E-state index in [9.17, 15) is 14.4 Å². The van der Waals surface area contributed by atoms with Gasteiger partial charge in [-0.15, -0.1) is 0 Å². The second-order valence-electron chi connectivity index (χ2n) is 22.0. The summed E-state index contributed by atoms with van der Waals surface area (Å²) >= 11 is 0. The molecule has 0 aromatic carbocycles. The molecule has 0 aromatic heterocycles. The molecule has 0 rings (SSSR count). The molecule has 6 heteroatoms. The smallest absolute Gasteiger partial charge is 0.306 e. The minimum absolute atomic E-state index is 0.0758. The fourth-order valence-corrected chi connectivity index (χ4v) is 9.63. The largest absolute Gasteiger partial charge is 0.462 e. The van der Waals surface area contributed by atoms with E-state index >= 15 is 0 Å². The Bertz CT molecular complexity index is 1280. The number of esters is 3. The lowest BCUT2D eigenvalue weighted by atomic mass is 10.0. The summed E-state index contributed by atoms with van der Waals surface area (Å²) in [5.74, 6) is -0.874. The van der Waals surface area contributed by atoms with Crippen LogP contribution >= 0.6 is 0 Å². The highest BCUT2D eigenvalue weighted by Gasteiger charge is 2.19. The molecule has 0 saturated carbocycles. The summed E-state index contributed by atoms with van der Waals surface area (Å²) in [5, 5.41) is 0. The van der Waals surface area contributed by atoms with Gasteiger partial charge in [-0.3, -0.25) is 14.4 Å². The number of unbranched alkanes of at least 4 members (excludes halogenated alkanes) is 41. The van der Waals surface area contributed by atoms with Crippen molar-refractivity contribution in [3.05, 3.63) is 48.6 Å². The molecule has 1 atom stereocenters. The number of ether oxygens (including phenoxy) is 3. The van der Waals surface area contributed by atoms with Crippen LogP contribution in [-0.2, 0) is 28.6 Å². The van der Waals surface area contributed by atoms with Crippen LogP contribution in [0.15, 0.2) is 48.6 Å². The molecule has 0 amide bonds. The summed E-state index contributed by atoms with van der Waals surface area (Å²) in [7, 11) is 0. The summed E-state index contributed by atoms with van der Waals surface area (Å²) < 4.78 is 16.9. The number of hydrogen-bond acceptors (Lipinski definition) is 6. The quantitative estimate of drug-likeness (QED) is 0.0261. The molecule has 0 fully saturated rings. The van der Waals surface area contributed by atoms with Gasteiger partial charge >= 0.3 is 17.9 Å². The fourth-order valence-electron chi connectivity index (χ4n) is 9.63. The van der Waals surface area contributed by atoms with Gasteiger partial charge in [-0.25, -0.2) is 0 Å². The van der Waals surface area contributed by atoms with Crippen LogP contribution in [0.25, 0.3) is 0 Å². The lowest BCUT2D eigenvalue weighted by Crippen LogP contribution is -2.30. The van der Waals surface area contributed by atoms with Crippen molar-refractivity contribution in [2.45, 2.75) is 354 Å². The molecular weight excluding hydrogens is 913 g/mol. The van der Waals surface area contributed by atoms with E-state index in [0.717, 1.165) is 89.9 Å². The maximum Gasteiger partial charge on any atom is 0.306 e. The third kappa shape index (κ3) is 60.2. The van der Waals surface area contributed by atoms with Crippen LogP contribution in [0.3, 0.4) is 0 Å². The first-order chi connectivity index (χ1) is 36.5. The molecule has 0 bridgehead atoms. The Morgan fingerprint density at radius 3 is 0.797 bits per heavy atom. The van der Waals surface area contributed by atoms with Crippen LogP contribution in [0.5, 0.6) is 0 Å². The molecule has 0 spiro atoms. The zero-order chi connectivity index (χ0) is 53.6. The molecule has 1 unspecified atom stereocenters. The Labute approximate surface area is 460 Å². The van der Waals surface area contributed by atoms with Gasteiger partial charge in [-0.1, -0.05) is 301 Å². The van der Waals surface area contributed by atoms with Crippen LogP contribution in [0.2, 0.25) is 0 Å². The van der Waals surface area contributed by atoms with Gasteiger partial charge in [-0.05, 0) is 77.0 Å². The summed E-state index contributed by atoms with van der Waals surface area (Å²) in [6, 6.07) is 0. The van der Waals surface area contributed by atoms with Crippen LogP contribution in [0.4, 0.5) is 0 Å². The second kappa shape index (κ2) is 62.9. The molecule has 0 aliphatic heterocycles. The van der Waals surface area contributed by atoms with Gasteiger partial charge in [0.05, 0.1) is 0 Å². The number of carbonyl (C=O) groups is 3. The van der Waals surface area contributed by atoms with E-state index in [1.807, 2.05) is 0 Å². The molecule has 0 aromatic rings. The normalized spacial score (nSPS) is 12.3. The Morgan fingerprint density at radius 2 is 0.514 bits per heavy atom. The molecule has 0 heterocycles. The van der Waals surface area contributed by atoms with E-state index in [1.165, 1.54) is 218 Å². The van der Waals surface area contributed by atoms with Crippen molar-refractivity contribution < 1.29 is 28.6 Å². The summed E-state index contributed by atoms with van der Waals surface area (Å²) in [6.07, 6.45) is 78.4. The van der Waals surface area contributed by atoms with E-state index in [0.29, 0.717) is 19.3 Å². The van der Waals surface area contributed by atoms with E-state index in [-0.39, 0.29) is 31.1 Å². The minimum Gasteiger partial charge on any atom is -0.462 e. The van der Waals surface area contributed by atoms with Crippen LogP contribution in [-0.4, -0.2) is 37.2 Å². The van der Waals surface area contributed by atoms with Gasteiger partial charge in [0.15, 0.2) is 6.10 Å². The van der Waals surface area contributed by atoms with Gasteiger partial charge in [0, 0.05) is 19.3 Å². The SMILES string of the molecule is CCC/C=C\C/C=C\CCCCCCCC(=O)OCC(COC(=O)CCCCCCCCCCCCCCCCCCCCCCCC)OC(=O)CCCCCCCCCCC/C=C\C/C=C\CCCCCCC. The van der Waals surface area contributed by atoms with Gasteiger partial charge in [-0.2, -0.15) is 0 Å². The van der Waals surface area contributed by atoms with Crippen LogP contribution in [0.1, 0.15) is 348 Å². The number of carbonyl (C=O) groups excluding carboxylic acids is 3. The monoisotopic (exact) mass is 1040 g/mol. The highest BCUT2D eigenvalue weighted by atomic mass is 16.6. The molecule has 0 saturated heterocycles. The lowest BCUT2D eigenvalue weighted by molar-refractivity contribution is -0.167. The van der Waals surface area contributed by atoms with Crippen molar-refractivity contribution >= 4 is 17.9 Å². The third-order valence-corrected chi connectivity index (χ3v) is 14.5. The predicted molar refractivity (Wildman–Crippen MR) is 321 cm³/mol. The van der Waals surface area contributed by atoms with Gasteiger partial charge in [0.2, 0.25) is 0 Å². The molecule has 0 aliphatic rings. The van der Waals surface area contributed by atoms with E-state index in [4.69, 9.17) is 14.2 Å². The van der Waals surface area contributed by atoms with E-state index < -0.39 is 6.10 Å². The summed E-state index contributed by atoms with van der Waals surface area (Å²) in [5.41, 5.74) is 0. The Morgan fingerprint density at radius 1 is 0.270 bits per heavy atom. The number of allylic oxidation sites excluding steroid dienone is 8. The van der Waals surface area contributed by atoms with Crippen molar-refractivity contribution in [3.63, 3.8) is 0 Å². The first-order valence-electron chi connectivity index (χ1n) is 32.6. The summed E-state index contributed by atoms with van der Waals surface area (Å²) in [4.78, 5) is 38.3. The third-order valence-electron chi connectivity index (χ3n) is 14.5. The maximum absolute atomic E-state index is 12.9. The molecule has 0 radical (unpaired) electrons. The average Bonchev–Trinajstić information content (AvgIpc) is 3.40. The van der Waals surface area contributed by atoms with Crippen molar-refractivity contribution in [1.29, 1.82) is 0 Å². The Balaban J connectivity index is 4.29. The Kier molecular flexibility index (Phi) is 60.7. The average molecular weight is 1040 g/mol. The van der Waals surface area contributed by atoms with Crippen LogP contribution < -0.4 is 0 Å². The van der Waals surface area contributed by atoms with Crippen LogP contribution in [0, 0.1) is 0 Å². The zero-order valence-electron chi connectivity index (χ0n) is 49.6. The first-order valence-corrected chi connectivity index (χ1v) is 32.6. The van der Waals surface area contributed by atoms with Gasteiger partial charge in [0.25, 0.3) is 0 Å². The first kappa shape index (κ1) is 71.4. The van der Waals surface area contributed by atoms with Crippen molar-refractivity contribution in [1.82, 2.24) is 0 Å². The fraction of sp³-hybridized carbons (Fsp3) is 0.838. The molecule has 6 nitrogen and oxygen atoms in total. The topological polar surface area (TPSA) is 78.9 Å². The second-order valence-corrected chi connectivity index (χ2v) is 22.0. The lowest BCUT2D eigenvalue weighted by Gasteiger charge is -2.18. The number of rotatable bonds is 60. The highest BCUT2D eigenvalue weighted by Crippen LogP contribution is 2.18. The highest BCUT2D eigenvalue weighted by molar-refractivity contribution is 5.71. The van der Waals surface area contributed by atoms with Gasteiger partial charge in [0.1, 0.15) is 13.2 Å². The molecule has 432 valence electrons. The standard InChI is InChI=1S/C68H124O6/c1-4-7-10-13-16-19-22-25-27-29-31-33-35-36-38-40-43-46-49-52-55-58-61-67(70)73-64-65(63-72-66(69)60-57-54-51-48-45-42-24-21-18-15-12-9-6-3)74-68(71)62-59-56-53-50-47-44-41-39-37-34-32-30-28-26-23-20-17-14-11-8-5-2/h12,15,21,23-24,26,30,32,65H,4-11,13-14,16-20,22,25,27-29,31,33-64H2,1-3H3/b15-12-,24-21-,26-23-,32-30-. The number of hydrogen-bond donors (Lipinski definition) is 0. The van der Waals surface area contributed by atoms with Crippen molar-refractivity contribution in [3.8, 4) is 0 Å². The van der Waals surface area contributed by atoms with Crippen molar-refractivity contribution in [2.75, 3.05) is 13.2 Å². The Hall–Kier alpha value is -2.63. The predicted octanol–water partition coefficient (Wildman–Crippen LogP) is 22.2. The summed E-state index contributed by atoms with van der Waals surface area (Å²) in [6.45, 7) is 6.61. The maximum atomic E-state index is 12.9. The zero-order valence-corrected chi connectivity index (χ0v) is 49.6. The molecule has 0 aliphatic carbocycles. The van der Waals surface area contributed by atoms with Gasteiger partial charge < -0.3 is 14.2 Å². The molecular formula is C68H124O6. The van der Waals surface area contributed by atoms with E-state index in [2.05, 4.69) is 69.4 Å². The molecule has 0 N–H and O–H groups in total. The minimum atomic E-state index is -0.780. The van der Waals surface area contributed by atoms with E-state index in [1.54, 1.807) is 0 Å².